The fourth-order valence-corrected chi connectivity index (χ4v) is 5.06. The maximum Gasteiger partial charge on any atom is 0.254 e. The van der Waals surface area contributed by atoms with E-state index in [4.69, 9.17) is 11.6 Å². The van der Waals surface area contributed by atoms with Crippen molar-refractivity contribution in [3.05, 3.63) is 143 Å². The summed E-state index contributed by atoms with van der Waals surface area (Å²) < 4.78 is 0. The van der Waals surface area contributed by atoms with Crippen molar-refractivity contribution in [3.8, 4) is 0 Å². The quantitative estimate of drug-likeness (QED) is 0.367. The summed E-state index contributed by atoms with van der Waals surface area (Å²) in [6.07, 6.45) is 0. The number of hydrogen-bond donors (Lipinski definition) is 1. The summed E-state index contributed by atoms with van der Waals surface area (Å²) in [4.78, 5) is 44.1. The second kappa shape index (κ2) is 12.0. The van der Waals surface area contributed by atoms with E-state index in [1.54, 1.807) is 58.3 Å². The molecule has 4 aromatic carbocycles. The standard InChI is InChI=1S/C32H28ClN3O3/c33-27-18-10-17-26(21-27)32(39)36-20-19-35(31(38)25-15-8-3-9-16-25)22-28(36)30(37)34-29(23-11-4-1-5-12-23)24-13-6-2-7-14-24/h1-18,21,28-29H,19-20,22H2,(H,34,37). The van der Waals surface area contributed by atoms with Crippen LogP contribution in [0.3, 0.4) is 0 Å². The summed E-state index contributed by atoms with van der Waals surface area (Å²) >= 11 is 6.16. The molecule has 1 atom stereocenters. The lowest BCUT2D eigenvalue weighted by Gasteiger charge is -2.41. The minimum Gasteiger partial charge on any atom is -0.343 e. The van der Waals surface area contributed by atoms with E-state index in [-0.39, 0.29) is 30.8 Å². The summed E-state index contributed by atoms with van der Waals surface area (Å²) in [5.74, 6) is -0.819. The molecule has 196 valence electrons. The van der Waals surface area contributed by atoms with Gasteiger partial charge in [0.05, 0.1) is 12.6 Å². The minimum atomic E-state index is -0.896. The predicted molar refractivity (Wildman–Crippen MR) is 151 cm³/mol. The minimum absolute atomic E-state index is 0.0716. The van der Waals surface area contributed by atoms with Crippen LogP contribution in [0.4, 0.5) is 0 Å². The van der Waals surface area contributed by atoms with Crippen LogP contribution < -0.4 is 5.32 Å². The highest BCUT2D eigenvalue weighted by molar-refractivity contribution is 6.31. The number of nitrogens with one attached hydrogen (secondary N) is 1. The Kier molecular flexibility index (Phi) is 8.04. The van der Waals surface area contributed by atoms with Gasteiger partial charge in [-0.05, 0) is 41.5 Å². The van der Waals surface area contributed by atoms with Gasteiger partial charge in [-0.2, -0.15) is 0 Å². The van der Waals surface area contributed by atoms with Crippen LogP contribution in [0.15, 0.2) is 115 Å². The molecule has 0 saturated carbocycles. The zero-order chi connectivity index (χ0) is 27.2. The molecule has 1 fully saturated rings. The van der Waals surface area contributed by atoms with Crippen LogP contribution in [0.2, 0.25) is 5.02 Å². The van der Waals surface area contributed by atoms with Gasteiger partial charge in [0.1, 0.15) is 6.04 Å². The number of halogens is 1. The molecule has 6 nitrogen and oxygen atoms in total. The van der Waals surface area contributed by atoms with Crippen LogP contribution >= 0.6 is 11.6 Å². The molecule has 39 heavy (non-hydrogen) atoms. The molecule has 0 bridgehead atoms. The van der Waals surface area contributed by atoms with Gasteiger partial charge in [0.2, 0.25) is 5.91 Å². The van der Waals surface area contributed by atoms with E-state index in [9.17, 15) is 14.4 Å². The van der Waals surface area contributed by atoms with Gasteiger partial charge >= 0.3 is 0 Å². The number of carbonyl (C=O) groups excluding carboxylic acids is 3. The third-order valence-electron chi connectivity index (χ3n) is 6.88. The third kappa shape index (κ3) is 6.02. The first-order chi connectivity index (χ1) is 19.0. The molecule has 1 aliphatic heterocycles. The average molecular weight is 538 g/mol. The lowest BCUT2D eigenvalue weighted by molar-refractivity contribution is -0.127. The van der Waals surface area contributed by atoms with Crippen LogP contribution in [0.25, 0.3) is 0 Å². The Bertz CT molecular complexity index is 1410. The van der Waals surface area contributed by atoms with Gasteiger partial charge in [0, 0.05) is 29.2 Å². The number of carbonyl (C=O) groups is 3. The first-order valence-electron chi connectivity index (χ1n) is 12.8. The van der Waals surface area contributed by atoms with Crippen molar-refractivity contribution in [1.82, 2.24) is 15.1 Å². The Morgan fingerprint density at radius 1 is 0.692 bits per heavy atom. The lowest BCUT2D eigenvalue weighted by Crippen LogP contribution is -2.61. The van der Waals surface area contributed by atoms with Crippen LogP contribution in [-0.2, 0) is 4.79 Å². The average Bonchev–Trinajstić information content (AvgIpc) is 3.00. The summed E-state index contributed by atoms with van der Waals surface area (Å²) in [7, 11) is 0. The Hall–Kier alpha value is -4.42. The number of hydrogen-bond acceptors (Lipinski definition) is 3. The smallest absolute Gasteiger partial charge is 0.254 e. The van der Waals surface area contributed by atoms with Gasteiger partial charge in [-0.1, -0.05) is 96.5 Å². The molecule has 0 spiro atoms. The number of benzene rings is 4. The van der Waals surface area contributed by atoms with Gasteiger partial charge in [0.15, 0.2) is 0 Å². The molecule has 5 rings (SSSR count). The first kappa shape index (κ1) is 26.2. The lowest BCUT2D eigenvalue weighted by atomic mass is 9.98. The molecule has 3 amide bonds. The molecule has 0 radical (unpaired) electrons. The number of amides is 3. The van der Waals surface area contributed by atoms with E-state index in [2.05, 4.69) is 5.32 Å². The van der Waals surface area contributed by atoms with Crippen molar-refractivity contribution in [2.45, 2.75) is 12.1 Å². The monoisotopic (exact) mass is 537 g/mol. The maximum atomic E-state index is 14.0. The topological polar surface area (TPSA) is 69.7 Å². The first-order valence-corrected chi connectivity index (χ1v) is 13.2. The van der Waals surface area contributed by atoms with Crippen LogP contribution in [0.5, 0.6) is 0 Å². The highest BCUT2D eigenvalue weighted by Gasteiger charge is 2.38. The van der Waals surface area contributed by atoms with Gasteiger partial charge < -0.3 is 15.1 Å². The number of nitrogens with zero attached hydrogens (tertiary/aromatic N) is 2. The largest absolute Gasteiger partial charge is 0.343 e. The van der Waals surface area contributed by atoms with E-state index in [1.165, 1.54) is 0 Å². The molecule has 4 aromatic rings. The van der Waals surface area contributed by atoms with Crippen molar-refractivity contribution >= 4 is 29.3 Å². The zero-order valence-electron chi connectivity index (χ0n) is 21.2. The second-order valence-electron chi connectivity index (χ2n) is 9.40. The molecule has 1 N–H and O–H groups in total. The Labute approximate surface area is 232 Å². The van der Waals surface area contributed by atoms with Gasteiger partial charge in [-0.25, -0.2) is 0 Å². The Balaban J connectivity index is 1.46. The molecule has 0 aromatic heterocycles. The molecule has 1 unspecified atom stereocenters. The molecule has 1 heterocycles. The van der Waals surface area contributed by atoms with Crippen LogP contribution in [0.1, 0.15) is 37.9 Å². The van der Waals surface area contributed by atoms with E-state index < -0.39 is 12.1 Å². The predicted octanol–water partition coefficient (Wildman–Crippen LogP) is 5.21. The van der Waals surface area contributed by atoms with Crippen molar-refractivity contribution in [2.24, 2.45) is 0 Å². The van der Waals surface area contributed by atoms with E-state index in [0.29, 0.717) is 22.7 Å². The fraction of sp³-hybridized carbons (Fsp3) is 0.156. The summed E-state index contributed by atoms with van der Waals surface area (Å²) in [5.41, 5.74) is 2.76. The van der Waals surface area contributed by atoms with Crippen molar-refractivity contribution in [2.75, 3.05) is 19.6 Å². The number of rotatable bonds is 6. The summed E-state index contributed by atoms with van der Waals surface area (Å²) in [6.45, 7) is 0.593. The van der Waals surface area contributed by atoms with E-state index in [0.717, 1.165) is 11.1 Å². The highest BCUT2D eigenvalue weighted by atomic mass is 35.5. The maximum absolute atomic E-state index is 14.0. The van der Waals surface area contributed by atoms with Crippen LogP contribution in [-0.4, -0.2) is 53.2 Å². The molecule has 1 saturated heterocycles. The van der Waals surface area contributed by atoms with Gasteiger partial charge in [-0.15, -0.1) is 0 Å². The summed E-state index contributed by atoms with van der Waals surface area (Å²) in [6, 6.07) is 33.7. The second-order valence-corrected chi connectivity index (χ2v) is 9.84. The molecular formula is C32H28ClN3O3. The molecule has 7 heteroatoms. The van der Waals surface area contributed by atoms with Crippen molar-refractivity contribution in [3.63, 3.8) is 0 Å². The molecular weight excluding hydrogens is 510 g/mol. The number of piperazine rings is 1. The van der Waals surface area contributed by atoms with Crippen LogP contribution in [0, 0.1) is 0 Å². The van der Waals surface area contributed by atoms with Crippen molar-refractivity contribution in [1.29, 1.82) is 0 Å². The fourth-order valence-electron chi connectivity index (χ4n) is 4.87. The molecule has 0 aliphatic carbocycles. The highest BCUT2D eigenvalue weighted by Crippen LogP contribution is 2.24. The molecule has 1 aliphatic rings. The van der Waals surface area contributed by atoms with E-state index in [1.807, 2.05) is 66.7 Å². The summed E-state index contributed by atoms with van der Waals surface area (Å²) in [5, 5.41) is 3.61. The van der Waals surface area contributed by atoms with E-state index >= 15 is 0 Å². The Morgan fingerprint density at radius 2 is 1.26 bits per heavy atom. The Morgan fingerprint density at radius 3 is 1.85 bits per heavy atom. The van der Waals surface area contributed by atoms with Gasteiger partial charge in [-0.3, -0.25) is 14.4 Å². The SMILES string of the molecule is O=C(NC(c1ccccc1)c1ccccc1)C1CN(C(=O)c2ccccc2)CCN1C(=O)c1cccc(Cl)c1. The zero-order valence-corrected chi connectivity index (χ0v) is 22.0. The van der Waals surface area contributed by atoms with Crippen molar-refractivity contribution < 1.29 is 14.4 Å². The van der Waals surface area contributed by atoms with Gasteiger partial charge in [0.25, 0.3) is 11.8 Å². The normalized spacial score (nSPS) is 15.2. The third-order valence-corrected chi connectivity index (χ3v) is 7.11.